The first-order valence-corrected chi connectivity index (χ1v) is 6.06. The van der Waals surface area contributed by atoms with Crippen molar-refractivity contribution in [2.75, 3.05) is 0 Å². The van der Waals surface area contributed by atoms with Gasteiger partial charge in [-0.1, -0.05) is 0 Å². The van der Waals surface area contributed by atoms with E-state index in [0.717, 1.165) is 11.3 Å². The Morgan fingerprint density at radius 1 is 1.50 bits per heavy atom. The molecule has 1 N–H and O–H groups in total. The van der Waals surface area contributed by atoms with Gasteiger partial charge in [-0.25, -0.2) is 9.59 Å². The summed E-state index contributed by atoms with van der Waals surface area (Å²) >= 11 is 0.937. The number of nitrogens with zero attached hydrogens (tertiary/aromatic N) is 1. The first kappa shape index (κ1) is 12.6. The number of carbonyl (C=O) groups is 1. The van der Waals surface area contributed by atoms with Crippen LogP contribution in [0.4, 0.5) is 0 Å². The van der Waals surface area contributed by atoms with E-state index in [1.165, 1.54) is 0 Å². The molecule has 0 aliphatic rings. The van der Waals surface area contributed by atoms with E-state index in [1.807, 2.05) is 0 Å². The molecule has 0 bridgehead atoms. The molecule has 0 aliphatic heterocycles. The van der Waals surface area contributed by atoms with Crippen LogP contribution in [-0.2, 0) is 0 Å². The molecule has 0 saturated heterocycles. The molecule has 2 rings (SSSR count). The molecule has 0 atom stereocenters. The van der Waals surface area contributed by atoms with Crippen molar-refractivity contribution in [3.8, 4) is 6.08 Å². The summed E-state index contributed by atoms with van der Waals surface area (Å²) in [6, 6.07) is 0. The minimum absolute atomic E-state index is 0.0893. The zero-order valence-corrected chi connectivity index (χ0v) is 10.8. The molecule has 0 fully saturated rings. The molecular weight excluding hydrogens is 258 g/mol. The lowest BCUT2D eigenvalue weighted by molar-refractivity contribution is 0.0701. The van der Waals surface area contributed by atoms with Crippen molar-refractivity contribution in [1.29, 1.82) is 0 Å². The van der Waals surface area contributed by atoms with E-state index < -0.39 is 11.6 Å². The summed E-state index contributed by atoms with van der Waals surface area (Å²) in [7, 11) is 0. The molecule has 2 aromatic rings. The predicted molar refractivity (Wildman–Crippen MR) is 65.6 cm³/mol. The maximum absolute atomic E-state index is 11.8. The van der Waals surface area contributed by atoms with Crippen LogP contribution in [0.3, 0.4) is 0 Å². The average Bonchev–Trinajstić information content (AvgIpc) is 2.55. The van der Waals surface area contributed by atoms with Crippen LogP contribution in [0.2, 0.25) is 0 Å². The number of ether oxygens (including phenoxy) is 1. The van der Waals surface area contributed by atoms with E-state index >= 15 is 0 Å². The monoisotopic (exact) mass is 269 g/mol. The summed E-state index contributed by atoms with van der Waals surface area (Å²) < 4.78 is 10.1. The van der Waals surface area contributed by atoms with E-state index in [-0.39, 0.29) is 22.4 Å². The Morgan fingerprint density at radius 3 is 2.72 bits per heavy atom. The molecule has 0 spiro atoms. The van der Waals surface area contributed by atoms with Crippen LogP contribution in [-0.4, -0.2) is 22.2 Å². The van der Waals surface area contributed by atoms with Gasteiger partial charge in [-0.3, -0.25) is 0 Å². The van der Waals surface area contributed by atoms with Gasteiger partial charge >= 0.3 is 17.7 Å². The van der Waals surface area contributed by atoms with Crippen molar-refractivity contribution in [1.82, 2.24) is 4.98 Å². The minimum Gasteiger partial charge on any atom is -0.477 e. The number of thiophene rings is 1. The number of carboxylic acids is 1. The van der Waals surface area contributed by atoms with Crippen LogP contribution in [0.25, 0.3) is 10.2 Å². The van der Waals surface area contributed by atoms with Crippen LogP contribution < -0.4 is 10.4 Å². The van der Waals surface area contributed by atoms with E-state index in [9.17, 15) is 9.59 Å². The Balaban J connectivity index is 2.67. The number of aromatic nitrogens is 1. The summed E-state index contributed by atoms with van der Waals surface area (Å²) in [6.45, 7) is 5.10. The van der Waals surface area contributed by atoms with E-state index in [4.69, 9.17) is 14.3 Å². The highest BCUT2D eigenvalue weighted by atomic mass is 32.1. The first-order valence-electron chi connectivity index (χ1n) is 5.24. The fourth-order valence-electron chi connectivity index (χ4n) is 1.51. The Morgan fingerprint density at radius 2 is 2.17 bits per heavy atom. The highest BCUT2D eigenvalue weighted by molar-refractivity contribution is 7.20. The van der Waals surface area contributed by atoms with Crippen LogP contribution in [0.15, 0.2) is 9.21 Å². The molecule has 7 heteroatoms. The number of fused-ring (bicyclic) bond motifs is 1. The van der Waals surface area contributed by atoms with E-state index in [2.05, 4.69) is 4.98 Å². The Bertz CT molecular complexity index is 670. The van der Waals surface area contributed by atoms with Gasteiger partial charge in [0.05, 0.1) is 6.10 Å². The van der Waals surface area contributed by atoms with Crippen LogP contribution >= 0.6 is 11.3 Å². The van der Waals surface area contributed by atoms with Crippen molar-refractivity contribution < 1.29 is 19.1 Å². The van der Waals surface area contributed by atoms with Crippen LogP contribution in [0.1, 0.15) is 29.1 Å². The van der Waals surface area contributed by atoms with Crippen molar-refractivity contribution in [2.24, 2.45) is 0 Å². The second-order valence-electron chi connectivity index (χ2n) is 3.98. The Labute approximate surface area is 106 Å². The lowest BCUT2D eigenvalue weighted by Crippen LogP contribution is -2.10. The summed E-state index contributed by atoms with van der Waals surface area (Å²) in [5, 5.41) is 9.19. The molecule has 0 amide bonds. The third-order valence-electron chi connectivity index (χ3n) is 2.24. The number of hydrogen-bond acceptors (Lipinski definition) is 6. The number of hydrogen-bond donors (Lipinski definition) is 1. The predicted octanol–water partition coefficient (Wildman–Crippen LogP) is 2.04. The van der Waals surface area contributed by atoms with Gasteiger partial charge in [0.25, 0.3) is 0 Å². The van der Waals surface area contributed by atoms with Crippen molar-refractivity contribution in [2.45, 2.75) is 26.9 Å². The quantitative estimate of drug-likeness (QED) is 0.917. The zero-order valence-electron chi connectivity index (χ0n) is 10.0. The van der Waals surface area contributed by atoms with E-state index in [0.29, 0.717) is 10.4 Å². The maximum atomic E-state index is 11.8. The molecule has 0 unspecified atom stereocenters. The SMILES string of the molecule is Cc1c(C(=O)O)sc2nc(OC(C)C)oc(=O)c12. The van der Waals surface area contributed by atoms with Gasteiger partial charge < -0.3 is 14.3 Å². The van der Waals surface area contributed by atoms with Gasteiger partial charge in [0.1, 0.15) is 15.1 Å². The summed E-state index contributed by atoms with van der Waals surface area (Å²) in [5.41, 5.74) is -0.253. The molecule has 0 saturated carbocycles. The first-order chi connectivity index (χ1) is 8.40. The lowest BCUT2D eigenvalue weighted by Gasteiger charge is -2.05. The number of rotatable bonds is 3. The van der Waals surface area contributed by atoms with Gasteiger partial charge in [0, 0.05) is 0 Å². The zero-order chi connectivity index (χ0) is 13.4. The largest absolute Gasteiger partial charge is 0.477 e. The van der Waals surface area contributed by atoms with E-state index in [1.54, 1.807) is 20.8 Å². The number of aromatic carboxylic acids is 1. The smallest absolute Gasteiger partial charge is 0.398 e. The molecule has 0 aliphatic carbocycles. The maximum Gasteiger partial charge on any atom is 0.398 e. The standard InChI is InChI=1S/C11H11NO5S/c1-4(2)16-11-12-8-6(10(15)17-11)5(3)7(18-8)9(13)14/h4H,1-3H3,(H,13,14). The highest BCUT2D eigenvalue weighted by Gasteiger charge is 2.20. The van der Waals surface area contributed by atoms with Crippen molar-refractivity contribution in [3.63, 3.8) is 0 Å². The average molecular weight is 269 g/mol. The highest BCUT2D eigenvalue weighted by Crippen LogP contribution is 2.28. The van der Waals surface area contributed by atoms with Crippen molar-refractivity contribution >= 4 is 27.5 Å². The number of aryl methyl sites for hydroxylation is 1. The second kappa shape index (κ2) is 4.41. The third kappa shape index (κ3) is 2.08. The van der Waals surface area contributed by atoms with Gasteiger partial charge in [0.2, 0.25) is 0 Å². The minimum atomic E-state index is -1.08. The fourth-order valence-corrected chi connectivity index (χ4v) is 2.50. The summed E-state index contributed by atoms with van der Waals surface area (Å²) in [6.07, 6.45) is -0.321. The Hall–Kier alpha value is -1.89. The van der Waals surface area contributed by atoms with Gasteiger partial charge in [-0.15, -0.1) is 11.3 Å². The topological polar surface area (TPSA) is 89.6 Å². The normalized spacial score (nSPS) is 11.1. The molecule has 2 aromatic heterocycles. The van der Waals surface area contributed by atoms with Crippen LogP contribution in [0, 0.1) is 6.92 Å². The molecule has 96 valence electrons. The van der Waals surface area contributed by atoms with Gasteiger partial charge in [-0.05, 0) is 26.3 Å². The summed E-state index contributed by atoms with van der Waals surface area (Å²) in [5.74, 6) is -1.08. The van der Waals surface area contributed by atoms with Crippen LogP contribution in [0.5, 0.6) is 6.08 Å². The lowest BCUT2D eigenvalue weighted by atomic mass is 10.2. The molecule has 6 nitrogen and oxygen atoms in total. The van der Waals surface area contributed by atoms with Crippen molar-refractivity contribution in [3.05, 3.63) is 20.9 Å². The summed E-state index contributed by atoms with van der Waals surface area (Å²) in [4.78, 5) is 27.2. The molecule has 2 heterocycles. The van der Waals surface area contributed by atoms with Gasteiger partial charge in [-0.2, -0.15) is 4.98 Å². The molecular formula is C11H11NO5S. The third-order valence-corrected chi connectivity index (χ3v) is 3.41. The van der Waals surface area contributed by atoms with Gasteiger partial charge in [0.15, 0.2) is 0 Å². The molecule has 18 heavy (non-hydrogen) atoms. The molecule has 0 aromatic carbocycles. The molecule has 0 radical (unpaired) electrons. The number of carboxylic acid groups (broad SMARTS) is 1. The second-order valence-corrected chi connectivity index (χ2v) is 4.97. The Kier molecular flexibility index (Phi) is 3.08. The fraction of sp³-hybridized carbons (Fsp3) is 0.364.